The topological polar surface area (TPSA) is 81.4 Å². The lowest BCUT2D eigenvalue weighted by Gasteiger charge is -2.08. The van der Waals surface area contributed by atoms with Crippen LogP contribution in [0.4, 0.5) is 10.1 Å². The smallest absolute Gasteiger partial charge is 0.278 e. The van der Waals surface area contributed by atoms with Gasteiger partial charge < -0.3 is 10.1 Å². The molecule has 2 heterocycles. The molecule has 0 spiro atoms. The second-order valence-corrected chi connectivity index (χ2v) is 6.95. The summed E-state index contributed by atoms with van der Waals surface area (Å²) in [6.07, 6.45) is 0. The Hall–Kier alpha value is -3.65. The van der Waals surface area contributed by atoms with Gasteiger partial charge in [0.1, 0.15) is 5.82 Å². The quantitative estimate of drug-likeness (QED) is 0.544. The minimum Gasteiger partial charge on any atom is -0.378 e. The number of carbonyl (C=O) groups is 1. The third-order valence-corrected chi connectivity index (χ3v) is 4.78. The maximum Gasteiger partial charge on any atom is 0.278 e. The molecule has 1 N–H and O–H groups in total. The highest BCUT2D eigenvalue weighted by Gasteiger charge is 2.22. The van der Waals surface area contributed by atoms with Crippen LogP contribution >= 0.6 is 0 Å². The maximum absolute atomic E-state index is 13.4. The summed E-state index contributed by atoms with van der Waals surface area (Å²) in [4.78, 5) is 12.8. The molecule has 0 bridgehead atoms. The van der Waals surface area contributed by atoms with Gasteiger partial charge >= 0.3 is 0 Å². The van der Waals surface area contributed by atoms with Crippen molar-refractivity contribution in [2.45, 2.75) is 20.5 Å². The lowest BCUT2D eigenvalue weighted by Crippen LogP contribution is -2.18. The molecule has 0 unspecified atom stereocenters. The molecule has 0 aliphatic heterocycles. The largest absolute Gasteiger partial charge is 0.378 e. The molecular formula is C22H20FN5O2. The van der Waals surface area contributed by atoms with E-state index in [0.29, 0.717) is 28.3 Å². The Morgan fingerprint density at radius 2 is 1.77 bits per heavy atom. The molecule has 4 aromatic rings. The summed E-state index contributed by atoms with van der Waals surface area (Å²) in [5, 5.41) is 15.8. The van der Waals surface area contributed by atoms with Crippen LogP contribution in [-0.4, -0.2) is 32.8 Å². The number of ether oxygens (including phenoxy) is 1. The van der Waals surface area contributed by atoms with Crippen LogP contribution in [0.25, 0.3) is 16.8 Å². The fourth-order valence-electron chi connectivity index (χ4n) is 3.24. The van der Waals surface area contributed by atoms with Crippen molar-refractivity contribution in [3.05, 3.63) is 77.0 Å². The molecule has 0 atom stereocenters. The molecule has 2 aromatic carbocycles. The monoisotopic (exact) mass is 405 g/mol. The van der Waals surface area contributed by atoms with E-state index in [2.05, 4.69) is 20.6 Å². The number of carbonyl (C=O) groups excluding carboxylic acids is 1. The summed E-state index contributed by atoms with van der Waals surface area (Å²) < 4.78 is 20.2. The summed E-state index contributed by atoms with van der Waals surface area (Å²) in [5.74, 6) is -0.710. The van der Waals surface area contributed by atoms with Crippen molar-refractivity contribution in [2.24, 2.45) is 0 Å². The standard InChI is InChI=1S/C22H20FN5O2/c1-13-4-10-17(11-5-13)24-22(29)20-14(2)28-21(26-25-20)19(18(27-28)12-30-3)15-6-8-16(23)9-7-15/h4-11H,12H2,1-3H3,(H,24,29). The first-order valence-corrected chi connectivity index (χ1v) is 9.35. The molecule has 0 aliphatic carbocycles. The fourth-order valence-corrected chi connectivity index (χ4v) is 3.24. The number of fused-ring (bicyclic) bond motifs is 1. The Kier molecular flexibility index (Phi) is 5.24. The van der Waals surface area contributed by atoms with Crippen LogP contribution in [-0.2, 0) is 11.3 Å². The molecular weight excluding hydrogens is 385 g/mol. The van der Waals surface area contributed by atoms with Crippen LogP contribution in [0.3, 0.4) is 0 Å². The molecule has 0 saturated heterocycles. The van der Waals surface area contributed by atoms with Gasteiger partial charge in [-0.15, -0.1) is 10.2 Å². The van der Waals surface area contributed by atoms with Gasteiger partial charge in [-0.3, -0.25) is 4.79 Å². The molecule has 7 nitrogen and oxygen atoms in total. The fraction of sp³-hybridized carbons (Fsp3) is 0.182. The van der Waals surface area contributed by atoms with E-state index in [0.717, 1.165) is 11.1 Å². The van der Waals surface area contributed by atoms with Gasteiger partial charge in [0, 0.05) is 12.8 Å². The number of aryl methyl sites for hydroxylation is 2. The first-order valence-electron chi connectivity index (χ1n) is 9.35. The van der Waals surface area contributed by atoms with E-state index >= 15 is 0 Å². The Morgan fingerprint density at radius 1 is 1.07 bits per heavy atom. The first-order chi connectivity index (χ1) is 14.5. The first kappa shape index (κ1) is 19.7. The van der Waals surface area contributed by atoms with Crippen LogP contribution in [0.1, 0.15) is 27.4 Å². The van der Waals surface area contributed by atoms with Gasteiger partial charge in [0.05, 0.1) is 23.6 Å². The number of hydrogen-bond acceptors (Lipinski definition) is 5. The van der Waals surface area contributed by atoms with Crippen LogP contribution < -0.4 is 5.32 Å². The average Bonchev–Trinajstić information content (AvgIpc) is 3.10. The average molecular weight is 405 g/mol. The van der Waals surface area contributed by atoms with Crippen LogP contribution in [0.5, 0.6) is 0 Å². The van der Waals surface area contributed by atoms with Crippen molar-refractivity contribution < 1.29 is 13.9 Å². The zero-order valence-corrected chi connectivity index (χ0v) is 16.8. The Bertz CT molecular complexity index is 1220. The molecule has 152 valence electrons. The number of amides is 1. The third-order valence-electron chi connectivity index (χ3n) is 4.78. The molecule has 4 rings (SSSR count). The van der Waals surface area contributed by atoms with Crippen LogP contribution in [0.15, 0.2) is 48.5 Å². The number of methoxy groups -OCH3 is 1. The van der Waals surface area contributed by atoms with Crippen molar-refractivity contribution >= 4 is 17.2 Å². The van der Waals surface area contributed by atoms with Crippen LogP contribution in [0, 0.1) is 19.7 Å². The predicted octanol–water partition coefficient (Wildman–Crippen LogP) is 3.95. The SMILES string of the molecule is COCc1nn2c(C)c(C(=O)Nc3ccc(C)cc3)nnc2c1-c1ccc(F)cc1. The number of halogens is 1. The number of rotatable bonds is 5. The minimum atomic E-state index is -0.377. The van der Waals surface area contributed by atoms with E-state index in [1.807, 2.05) is 31.2 Å². The van der Waals surface area contributed by atoms with Gasteiger partial charge in [-0.05, 0) is 43.7 Å². The second-order valence-electron chi connectivity index (χ2n) is 6.95. The Morgan fingerprint density at radius 3 is 2.43 bits per heavy atom. The highest BCUT2D eigenvalue weighted by Crippen LogP contribution is 2.29. The van der Waals surface area contributed by atoms with E-state index in [9.17, 15) is 9.18 Å². The predicted molar refractivity (Wildman–Crippen MR) is 111 cm³/mol. The van der Waals surface area contributed by atoms with Crippen molar-refractivity contribution in [1.29, 1.82) is 0 Å². The number of anilines is 1. The van der Waals surface area contributed by atoms with Crippen molar-refractivity contribution in [3.8, 4) is 11.1 Å². The Balaban J connectivity index is 1.77. The number of nitrogens with zero attached hydrogens (tertiary/aromatic N) is 4. The number of nitrogens with one attached hydrogen (secondary N) is 1. The van der Waals surface area contributed by atoms with E-state index in [1.54, 1.807) is 30.7 Å². The summed E-state index contributed by atoms with van der Waals surface area (Å²) in [7, 11) is 1.57. The number of aromatic nitrogens is 4. The van der Waals surface area contributed by atoms with Gasteiger partial charge in [0.2, 0.25) is 0 Å². The van der Waals surface area contributed by atoms with Crippen LogP contribution in [0.2, 0.25) is 0 Å². The molecule has 8 heteroatoms. The molecule has 0 radical (unpaired) electrons. The molecule has 30 heavy (non-hydrogen) atoms. The lowest BCUT2D eigenvalue weighted by atomic mass is 10.1. The highest BCUT2D eigenvalue weighted by molar-refractivity contribution is 6.03. The number of benzene rings is 2. The van der Waals surface area contributed by atoms with Gasteiger partial charge in [-0.25, -0.2) is 8.91 Å². The normalized spacial score (nSPS) is 11.1. The highest BCUT2D eigenvalue weighted by atomic mass is 19.1. The number of hydrogen-bond donors (Lipinski definition) is 1. The van der Waals surface area contributed by atoms with E-state index < -0.39 is 0 Å². The maximum atomic E-state index is 13.4. The zero-order valence-electron chi connectivity index (χ0n) is 16.8. The zero-order chi connectivity index (χ0) is 21.3. The van der Waals surface area contributed by atoms with E-state index in [4.69, 9.17) is 4.74 Å². The van der Waals surface area contributed by atoms with Crippen molar-refractivity contribution in [1.82, 2.24) is 19.8 Å². The van der Waals surface area contributed by atoms with Gasteiger partial charge in [-0.1, -0.05) is 29.8 Å². The molecule has 0 saturated carbocycles. The molecule has 1 amide bonds. The second kappa shape index (κ2) is 8.00. The van der Waals surface area contributed by atoms with E-state index in [-0.39, 0.29) is 24.0 Å². The third kappa shape index (κ3) is 3.65. The lowest BCUT2D eigenvalue weighted by molar-refractivity contribution is 0.102. The van der Waals surface area contributed by atoms with Crippen molar-refractivity contribution in [3.63, 3.8) is 0 Å². The van der Waals surface area contributed by atoms with E-state index in [1.165, 1.54) is 12.1 Å². The summed E-state index contributed by atoms with van der Waals surface area (Å²) in [6.45, 7) is 3.97. The van der Waals surface area contributed by atoms with Gasteiger partial charge in [0.25, 0.3) is 5.91 Å². The van der Waals surface area contributed by atoms with Gasteiger partial charge in [-0.2, -0.15) is 5.10 Å². The molecule has 2 aromatic heterocycles. The summed E-state index contributed by atoms with van der Waals surface area (Å²) in [6, 6.07) is 13.5. The van der Waals surface area contributed by atoms with Gasteiger partial charge in [0.15, 0.2) is 11.3 Å². The minimum absolute atomic E-state index is 0.167. The molecule has 0 fully saturated rings. The summed E-state index contributed by atoms with van der Waals surface area (Å²) in [5.41, 5.74) is 4.99. The molecule has 0 aliphatic rings. The summed E-state index contributed by atoms with van der Waals surface area (Å²) >= 11 is 0. The van der Waals surface area contributed by atoms with Crippen molar-refractivity contribution in [2.75, 3.05) is 12.4 Å². The Labute approximate surface area is 172 Å².